The Morgan fingerprint density at radius 3 is 2.30 bits per heavy atom. The molecule has 1 atom stereocenters. The number of hydrogen-bond acceptors (Lipinski definition) is 5. The lowest BCUT2D eigenvalue weighted by molar-refractivity contribution is 0.0890. The van der Waals surface area contributed by atoms with Crippen LogP contribution in [-0.2, 0) is 6.42 Å². The van der Waals surface area contributed by atoms with E-state index in [4.69, 9.17) is 4.52 Å². The van der Waals surface area contributed by atoms with Crippen LogP contribution in [0.3, 0.4) is 0 Å². The zero-order valence-electron chi connectivity index (χ0n) is 15.8. The molecule has 140 valence electrons. The summed E-state index contributed by atoms with van der Waals surface area (Å²) in [5.41, 5.74) is 2.40. The first-order valence-corrected chi connectivity index (χ1v) is 9.69. The van der Waals surface area contributed by atoms with Crippen LogP contribution in [0.25, 0.3) is 11.4 Å². The lowest BCUT2D eigenvalue weighted by atomic mass is 10.1. The van der Waals surface area contributed by atoms with Gasteiger partial charge in [0.2, 0.25) is 11.7 Å². The molecule has 1 fully saturated rings. The summed E-state index contributed by atoms with van der Waals surface area (Å²) in [7, 11) is 0. The van der Waals surface area contributed by atoms with E-state index >= 15 is 0 Å². The van der Waals surface area contributed by atoms with Crippen molar-refractivity contribution in [1.29, 1.82) is 0 Å². The van der Waals surface area contributed by atoms with Gasteiger partial charge in [-0.25, -0.2) is 0 Å². The van der Waals surface area contributed by atoms with Gasteiger partial charge in [-0.3, -0.25) is 4.90 Å². The minimum Gasteiger partial charge on any atom is -0.337 e. The number of piperazine rings is 1. The smallest absolute Gasteiger partial charge is 0.244 e. The van der Waals surface area contributed by atoms with E-state index in [0.29, 0.717) is 11.7 Å². The second-order valence-corrected chi connectivity index (χ2v) is 7.11. The quantitative estimate of drug-likeness (QED) is 0.670. The van der Waals surface area contributed by atoms with E-state index in [1.54, 1.807) is 0 Å². The van der Waals surface area contributed by atoms with E-state index in [0.717, 1.165) is 44.7 Å². The highest BCUT2D eigenvalue weighted by Crippen LogP contribution is 2.23. The summed E-state index contributed by atoms with van der Waals surface area (Å²) in [6.07, 6.45) is 1.11. The summed E-state index contributed by atoms with van der Waals surface area (Å²) in [6, 6.07) is 20.8. The third-order valence-electron chi connectivity index (χ3n) is 5.35. The van der Waals surface area contributed by atoms with Crippen molar-refractivity contribution in [2.75, 3.05) is 32.7 Å². The third kappa shape index (κ3) is 4.43. The maximum Gasteiger partial charge on any atom is 0.244 e. The van der Waals surface area contributed by atoms with Crippen LogP contribution in [0.1, 0.15) is 24.4 Å². The van der Waals surface area contributed by atoms with E-state index in [1.807, 2.05) is 30.3 Å². The molecule has 0 saturated carbocycles. The molecule has 0 amide bonds. The molecule has 5 nitrogen and oxygen atoms in total. The molecule has 4 rings (SSSR count). The molecule has 1 aromatic heterocycles. The van der Waals surface area contributed by atoms with Gasteiger partial charge in [-0.1, -0.05) is 65.8 Å². The SMILES string of the molecule is CC(c1nc(-c2ccccc2)no1)N1CCN(CCc2ccccc2)CC1. The molecule has 0 radical (unpaired) electrons. The zero-order chi connectivity index (χ0) is 18.5. The van der Waals surface area contributed by atoms with Gasteiger partial charge in [0, 0.05) is 38.3 Å². The molecular formula is C22H26N4O. The summed E-state index contributed by atoms with van der Waals surface area (Å²) in [4.78, 5) is 9.59. The molecule has 2 heterocycles. The van der Waals surface area contributed by atoms with E-state index in [2.05, 4.69) is 57.2 Å². The van der Waals surface area contributed by atoms with Crippen LogP contribution in [0.15, 0.2) is 65.2 Å². The summed E-state index contributed by atoms with van der Waals surface area (Å²) in [5, 5.41) is 4.16. The molecule has 1 aliphatic rings. The Hall–Kier alpha value is -2.50. The second-order valence-electron chi connectivity index (χ2n) is 7.11. The number of benzene rings is 2. The number of hydrogen-bond donors (Lipinski definition) is 0. The van der Waals surface area contributed by atoms with Crippen molar-refractivity contribution in [3.05, 3.63) is 72.1 Å². The molecule has 3 aromatic rings. The van der Waals surface area contributed by atoms with Crippen LogP contribution in [0, 0.1) is 0 Å². The van der Waals surface area contributed by atoms with Crippen molar-refractivity contribution in [2.24, 2.45) is 0 Å². The molecule has 0 spiro atoms. The molecule has 0 bridgehead atoms. The Kier molecular flexibility index (Phi) is 5.61. The maximum absolute atomic E-state index is 5.55. The van der Waals surface area contributed by atoms with Gasteiger partial charge < -0.3 is 9.42 Å². The Morgan fingerprint density at radius 2 is 1.59 bits per heavy atom. The maximum atomic E-state index is 5.55. The molecule has 5 heteroatoms. The normalized spacial score (nSPS) is 17.1. The molecule has 1 unspecified atom stereocenters. The molecular weight excluding hydrogens is 336 g/mol. The molecule has 1 aliphatic heterocycles. The monoisotopic (exact) mass is 362 g/mol. The highest BCUT2D eigenvalue weighted by molar-refractivity contribution is 5.53. The summed E-state index contributed by atoms with van der Waals surface area (Å²) in [6.45, 7) is 7.48. The van der Waals surface area contributed by atoms with Gasteiger partial charge in [0.15, 0.2) is 0 Å². The highest BCUT2D eigenvalue weighted by Gasteiger charge is 2.25. The van der Waals surface area contributed by atoms with Crippen molar-refractivity contribution in [3.63, 3.8) is 0 Å². The van der Waals surface area contributed by atoms with Crippen molar-refractivity contribution < 1.29 is 4.52 Å². The van der Waals surface area contributed by atoms with E-state index < -0.39 is 0 Å². The van der Waals surface area contributed by atoms with Gasteiger partial charge in [-0.05, 0) is 18.9 Å². The van der Waals surface area contributed by atoms with Crippen LogP contribution in [0.4, 0.5) is 0 Å². The van der Waals surface area contributed by atoms with Crippen molar-refractivity contribution in [2.45, 2.75) is 19.4 Å². The summed E-state index contributed by atoms with van der Waals surface area (Å²) in [5.74, 6) is 1.37. The first kappa shape index (κ1) is 17.9. The molecule has 0 aliphatic carbocycles. The lowest BCUT2D eigenvalue weighted by Gasteiger charge is -2.36. The average Bonchev–Trinajstić information content (AvgIpc) is 3.24. The number of aromatic nitrogens is 2. The van der Waals surface area contributed by atoms with E-state index in [9.17, 15) is 0 Å². The molecule has 2 aromatic carbocycles. The number of nitrogens with zero attached hydrogens (tertiary/aromatic N) is 4. The average molecular weight is 362 g/mol. The van der Waals surface area contributed by atoms with Gasteiger partial charge in [0.05, 0.1) is 6.04 Å². The van der Waals surface area contributed by atoms with Crippen molar-refractivity contribution >= 4 is 0 Å². The van der Waals surface area contributed by atoms with E-state index in [-0.39, 0.29) is 6.04 Å². The van der Waals surface area contributed by atoms with Crippen LogP contribution >= 0.6 is 0 Å². The predicted molar refractivity (Wildman–Crippen MR) is 106 cm³/mol. The topological polar surface area (TPSA) is 45.4 Å². The largest absolute Gasteiger partial charge is 0.337 e. The van der Waals surface area contributed by atoms with Gasteiger partial charge in [-0.2, -0.15) is 4.98 Å². The van der Waals surface area contributed by atoms with Crippen LogP contribution < -0.4 is 0 Å². The highest BCUT2D eigenvalue weighted by atomic mass is 16.5. The molecule has 1 saturated heterocycles. The number of rotatable bonds is 6. The van der Waals surface area contributed by atoms with Gasteiger partial charge in [-0.15, -0.1) is 0 Å². The van der Waals surface area contributed by atoms with E-state index in [1.165, 1.54) is 5.56 Å². The second kappa shape index (κ2) is 8.46. The standard InChI is InChI=1S/C22H26N4O/c1-18(22-23-21(24-27-22)20-10-6-3-7-11-20)26-16-14-25(15-17-26)13-12-19-8-4-2-5-9-19/h2-11,18H,12-17H2,1H3. The minimum atomic E-state index is 0.145. The van der Waals surface area contributed by atoms with Gasteiger partial charge >= 0.3 is 0 Å². The fraction of sp³-hybridized carbons (Fsp3) is 0.364. The fourth-order valence-electron chi connectivity index (χ4n) is 3.57. The van der Waals surface area contributed by atoms with Crippen LogP contribution in [0.2, 0.25) is 0 Å². The third-order valence-corrected chi connectivity index (χ3v) is 5.35. The fourth-order valence-corrected chi connectivity index (χ4v) is 3.57. The van der Waals surface area contributed by atoms with Crippen molar-refractivity contribution in [1.82, 2.24) is 19.9 Å². The summed E-state index contributed by atoms with van der Waals surface area (Å²) >= 11 is 0. The molecule has 0 N–H and O–H groups in total. The first-order valence-electron chi connectivity index (χ1n) is 9.69. The Morgan fingerprint density at radius 1 is 0.926 bits per heavy atom. The van der Waals surface area contributed by atoms with Gasteiger partial charge in [0.1, 0.15) is 0 Å². The zero-order valence-corrected chi connectivity index (χ0v) is 15.8. The Labute approximate surface area is 160 Å². The molecule has 27 heavy (non-hydrogen) atoms. The van der Waals surface area contributed by atoms with Gasteiger partial charge in [0.25, 0.3) is 0 Å². The van der Waals surface area contributed by atoms with Crippen LogP contribution in [0.5, 0.6) is 0 Å². The predicted octanol–water partition coefficient (Wildman–Crippen LogP) is 3.66. The summed E-state index contributed by atoms with van der Waals surface area (Å²) < 4.78 is 5.55. The van der Waals surface area contributed by atoms with Crippen molar-refractivity contribution in [3.8, 4) is 11.4 Å². The Balaban J connectivity index is 1.30. The minimum absolute atomic E-state index is 0.145. The first-order chi connectivity index (χ1) is 13.3. The Bertz CT molecular complexity index is 826. The van der Waals surface area contributed by atoms with Crippen LogP contribution in [-0.4, -0.2) is 52.7 Å². The lowest BCUT2D eigenvalue weighted by Crippen LogP contribution is -2.47.